The number of hydrogen-bond donors (Lipinski definition) is 1. The zero-order chi connectivity index (χ0) is 15.3. The van der Waals surface area contributed by atoms with Crippen molar-refractivity contribution in [2.45, 2.75) is 43.7 Å². The molecular weight excluding hydrogens is 308 g/mol. The van der Waals surface area contributed by atoms with Crippen LogP contribution < -0.4 is 5.32 Å². The van der Waals surface area contributed by atoms with Crippen LogP contribution in [-0.4, -0.2) is 45.6 Å². The molecule has 0 spiro atoms. The summed E-state index contributed by atoms with van der Waals surface area (Å²) in [4.78, 5) is 1.35. The molecule has 1 N–H and O–H groups in total. The van der Waals surface area contributed by atoms with Crippen molar-refractivity contribution < 1.29 is 13.2 Å². The van der Waals surface area contributed by atoms with E-state index in [9.17, 15) is 8.42 Å². The Morgan fingerprint density at radius 3 is 2.86 bits per heavy atom. The predicted octanol–water partition coefficient (Wildman–Crippen LogP) is 2.05. The van der Waals surface area contributed by atoms with Crippen LogP contribution in [0.15, 0.2) is 16.3 Å². The monoisotopic (exact) mass is 332 g/mol. The van der Waals surface area contributed by atoms with E-state index < -0.39 is 10.0 Å². The molecule has 1 aromatic rings. The highest BCUT2D eigenvalue weighted by molar-refractivity contribution is 7.89. The van der Waals surface area contributed by atoms with Crippen molar-refractivity contribution in [2.24, 2.45) is 0 Å². The summed E-state index contributed by atoms with van der Waals surface area (Å²) in [5, 5.41) is 5.14. The molecule has 0 unspecified atom stereocenters. The minimum absolute atomic E-state index is 0.154. The topological polar surface area (TPSA) is 58.6 Å². The van der Waals surface area contributed by atoms with E-state index in [4.69, 9.17) is 4.74 Å². The quantitative estimate of drug-likeness (QED) is 0.666. The standard InChI is InChI=1S/C14H24N2O3S2/c1-3-7-15-11-13-14(6-10-20-13)21(17,18)16(8-9-19-2)12-4-5-12/h6,10,12,15H,3-5,7-9,11H2,1-2H3. The van der Waals surface area contributed by atoms with Gasteiger partial charge in [0, 0.05) is 31.1 Å². The summed E-state index contributed by atoms with van der Waals surface area (Å²) >= 11 is 1.50. The highest BCUT2D eigenvalue weighted by Crippen LogP contribution is 2.34. The van der Waals surface area contributed by atoms with Crippen LogP contribution >= 0.6 is 11.3 Å². The third kappa shape index (κ3) is 4.26. The second-order valence-electron chi connectivity index (χ2n) is 5.22. The zero-order valence-corrected chi connectivity index (χ0v) is 14.3. The highest BCUT2D eigenvalue weighted by Gasteiger charge is 2.38. The van der Waals surface area contributed by atoms with Crippen LogP contribution in [-0.2, 0) is 21.3 Å². The number of nitrogens with one attached hydrogen (secondary N) is 1. The van der Waals surface area contributed by atoms with Crippen molar-refractivity contribution in [3.05, 3.63) is 16.3 Å². The molecule has 21 heavy (non-hydrogen) atoms. The van der Waals surface area contributed by atoms with Crippen LogP contribution in [0, 0.1) is 0 Å². The lowest BCUT2D eigenvalue weighted by molar-refractivity contribution is 0.177. The summed E-state index contributed by atoms with van der Waals surface area (Å²) < 4.78 is 32.4. The van der Waals surface area contributed by atoms with E-state index >= 15 is 0 Å². The Morgan fingerprint density at radius 2 is 2.24 bits per heavy atom. The van der Waals surface area contributed by atoms with Gasteiger partial charge in [0.2, 0.25) is 10.0 Å². The summed E-state index contributed by atoms with van der Waals surface area (Å²) in [6, 6.07) is 1.88. The average molecular weight is 332 g/mol. The van der Waals surface area contributed by atoms with Gasteiger partial charge in [-0.25, -0.2) is 8.42 Å². The molecule has 0 bridgehead atoms. The predicted molar refractivity (Wildman–Crippen MR) is 85.1 cm³/mol. The van der Waals surface area contributed by atoms with Crippen molar-refractivity contribution in [2.75, 3.05) is 26.8 Å². The Hall–Kier alpha value is -0.470. The van der Waals surface area contributed by atoms with E-state index in [1.54, 1.807) is 17.5 Å². The Kier molecular flexibility index (Phi) is 6.19. The Morgan fingerprint density at radius 1 is 1.48 bits per heavy atom. The smallest absolute Gasteiger partial charge is 0.244 e. The van der Waals surface area contributed by atoms with Crippen molar-refractivity contribution in [1.82, 2.24) is 9.62 Å². The van der Waals surface area contributed by atoms with E-state index in [2.05, 4.69) is 12.2 Å². The third-order valence-electron chi connectivity index (χ3n) is 3.47. The molecule has 1 aliphatic rings. The van der Waals surface area contributed by atoms with E-state index in [-0.39, 0.29) is 6.04 Å². The van der Waals surface area contributed by atoms with Crippen molar-refractivity contribution in [3.8, 4) is 0 Å². The fraction of sp³-hybridized carbons (Fsp3) is 0.714. The molecule has 7 heteroatoms. The van der Waals surface area contributed by atoms with Crippen LogP contribution in [0.4, 0.5) is 0 Å². The summed E-state index contributed by atoms with van der Waals surface area (Å²) in [6.07, 6.45) is 2.95. The summed E-state index contributed by atoms with van der Waals surface area (Å²) in [7, 11) is -1.81. The number of ether oxygens (including phenoxy) is 1. The molecule has 0 atom stereocenters. The summed E-state index contributed by atoms with van der Waals surface area (Å²) in [5.41, 5.74) is 0. The number of methoxy groups -OCH3 is 1. The molecule has 0 amide bonds. The Balaban J connectivity index is 2.15. The van der Waals surface area contributed by atoms with E-state index in [0.29, 0.717) is 24.6 Å². The largest absolute Gasteiger partial charge is 0.383 e. The van der Waals surface area contributed by atoms with Gasteiger partial charge in [0.25, 0.3) is 0 Å². The molecular formula is C14H24N2O3S2. The maximum absolute atomic E-state index is 12.9. The molecule has 0 aromatic carbocycles. The van der Waals surface area contributed by atoms with Gasteiger partial charge in [-0.05, 0) is 37.3 Å². The summed E-state index contributed by atoms with van der Waals surface area (Å²) in [5.74, 6) is 0. The zero-order valence-electron chi connectivity index (χ0n) is 12.7. The number of rotatable bonds is 10. The third-order valence-corrected chi connectivity index (χ3v) is 6.56. The van der Waals surface area contributed by atoms with Gasteiger partial charge in [0.1, 0.15) is 0 Å². The van der Waals surface area contributed by atoms with E-state index in [1.807, 2.05) is 5.38 Å². The van der Waals surface area contributed by atoms with Gasteiger partial charge in [0.15, 0.2) is 0 Å². The molecule has 1 heterocycles. The maximum Gasteiger partial charge on any atom is 0.244 e. The SMILES string of the molecule is CCCNCc1sccc1S(=O)(=O)N(CCOC)C1CC1. The van der Waals surface area contributed by atoms with E-state index in [0.717, 1.165) is 30.7 Å². The Bertz CT molecular complexity index is 538. The summed E-state index contributed by atoms with van der Waals surface area (Å²) in [6.45, 7) is 4.47. The number of nitrogens with zero attached hydrogens (tertiary/aromatic N) is 1. The number of thiophene rings is 1. The highest BCUT2D eigenvalue weighted by atomic mass is 32.2. The van der Waals surface area contributed by atoms with Crippen molar-refractivity contribution in [3.63, 3.8) is 0 Å². The van der Waals surface area contributed by atoms with Crippen LogP contribution in [0.5, 0.6) is 0 Å². The molecule has 1 saturated carbocycles. The van der Waals surface area contributed by atoms with Gasteiger partial charge in [-0.2, -0.15) is 4.31 Å². The Labute approximate surface area is 131 Å². The average Bonchev–Trinajstić information content (AvgIpc) is 3.16. The van der Waals surface area contributed by atoms with Crippen molar-refractivity contribution >= 4 is 21.4 Å². The van der Waals surface area contributed by atoms with Gasteiger partial charge >= 0.3 is 0 Å². The van der Waals surface area contributed by atoms with Gasteiger partial charge in [-0.3, -0.25) is 0 Å². The molecule has 1 fully saturated rings. The molecule has 120 valence electrons. The first kappa shape index (κ1) is 16.9. The maximum atomic E-state index is 12.9. The molecule has 0 radical (unpaired) electrons. The minimum Gasteiger partial charge on any atom is -0.383 e. The molecule has 2 rings (SSSR count). The van der Waals surface area contributed by atoms with Crippen LogP contribution in [0.2, 0.25) is 0 Å². The molecule has 1 aromatic heterocycles. The lowest BCUT2D eigenvalue weighted by Crippen LogP contribution is -2.36. The second-order valence-corrected chi connectivity index (χ2v) is 8.08. The first-order valence-corrected chi connectivity index (χ1v) is 9.71. The van der Waals surface area contributed by atoms with Crippen LogP contribution in [0.1, 0.15) is 31.1 Å². The lowest BCUT2D eigenvalue weighted by atomic mass is 10.4. The fourth-order valence-electron chi connectivity index (χ4n) is 2.24. The normalized spacial score (nSPS) is 15.8. The molecule has 1 aliphatic carbocycles. The second kappa shape index (κ2) is 7.69. The van der Waals surface area contributed by atoms with Crippen molar-refractivity contribution in [1.29, 1.82) is 0 Å². The lowest BCUT2D eigenvalue weighted by Gasteiger charge is -2.21. The van der Waals surface area contributed by atoms with Gasteiger partial charge in [-0.15, -0.1) is 11.3 Å². The minimum atomic E-state index is -3.41. The first-order valence-electron chi connectivity index (χ1n) is 7.39. The molecule has 0 aliphatic heterocycles. The van der Waals surface area contributed by atoms with Crippen LogP contribution in [0.3, 0.4) is 0 Å². The van der Waals surface area contributed by atoms with E-state index in [1.165, 1.54) is 11.3 Å². The van der Waals surface area contributed by atoms with Gasteiger partial charge < -0.3 is 10.1 Å². The number of sulfonamides is 1. The molecule has 0 saturated heterocycles. The van der Waals surface area contributed by atoms with Gasteiger partial charge in [0.05, 0.1) is 11.5 Å². The fourth-order valence-corrected chi connectivity index (χ4v) is 5.29. The first-order chi connectivity index (χ1) is 10.1. The molecule has 5 nitrogen and oxygen atoms in total. The number of hydrogen-bond acceptors (Lipinski definition) is 5. The van der Waals surface area contributed by atoms with Gasteiger partial charge in [-0.1, -0.05) is 6.92 Å². The van der Waals surface area contributed by atoms with Crippen LogP contribution in [0.25, 0.3) is 0 Å².